The normalized spacial score (nSPS) is 13.6. The summed E-state index contributed by atoms with van der Waals surface area (Å²) in [6.07, 6.45) is 4.83. The lowest BCUT2D eigenvalue weighted by Gasteiger charge is -2.11. The number of aromatic nitrogens is 2. The highest BCUT2D eigenvalue weighted by Crippen LogP contribution is 2.28. The molecule has 0 unspecified atom stereocenters. The van der Waals surface area contributed by atoms with Crippen molar-refractivity contribution < 1.29 is 9.53 Å². The van der Waals surface area contributed by atoms with Crippen LogP contribution in [0.2, 0.25) is 0 Å². The Balaban J connectivity index is 1.29. The summed E-state index contributed by atoms with van der Waals surface area (Å²) < 4.78 is 8.23. The van der Waals surface area contributed by atoms with Crippen molar-refractivity contribution in [2.45, 2.75) is 58.4 Å². The maximum Gasteiger partial charge on any atom is 0.223 e. The van der Waals surface area contributed by atoms with Crippen LogP contribution in [0, 0.1) is 5.92 Å². The third kappa shape index (κ3) is 5.66. The average molecular weight is 420 g/mol. The van der Waals surface area contributed by atoms with Gasteiger partial charge in [0.2, 0.25) is 5.91 Å². The van der Waals surface area contributed by atoms with Crippen molar-refractivity contribution in [3.63, 3.8) is 0 Å². The Hall–Kier alpha value is -2.82. The molecule has 1 aromatic heterocycles. The van der Waals surface area contributed by atoms with Crippen LogP contribution in [0.15, 0.2) is 48.5 Å². The SMILES string of the molecule is CC(C)c1ccc(OCCCCn2c(CCNC(=O)C3CC3)nc3ccccc32)cc1. The number of nitrogens with zero attached hydrogens (tertiary/aromatic N) is 2. The first kappa shape index (κ1) is 21.4. The Bertz CT molecular complexity index is 1000. The fourth-order valence-electron chi connectivity index (χ4n) is 3.86. The monoisotopic (exact) mass is 419 g/mol. The predicted octanol–water partition coefficient (Wildman–Crippen LogP) is 5.09. The van der Waals surface area contributed by atoms with E-state index in [-0.39, 0.29) is 11.8 Å². The number of unbranched alkanes of at least 4 members (excludes halogenated alkanes) is 1. The minimum atomic E-state index is 0.196. The highest BCUT2D eigenvalue weighted by atomic mass is 16.5. The number of fused-ring (bicyclic) bond motifs is 1. The highest BCUT2D eigenvalue weighted by molar-refractivity contribution is 5.80. The molecule has 0 spiro atoms. The number of para-hydroxylation sites is 2. The number of carbonyl (C=O) groups excluding carboxylic acids is 1. The van der Waals surface area contributed by atoms with E-state index in [9.17, 15) is 4.79 Å². The Kier molecular flexibility index (Phi) is 6.90. The quantitative estimate of drug-likeness (QED) is 0.441. The fourth-order valence-corrected chi connectivity index (χ4v) is 3.86. The van der Waals surface area contributed by atoms with E-state index in [1.165, 1.54) is 5.56 Å². The molecule has 1 aliphatic rings. The van der Waals surface area contributed by atoms with E-state index in [2.05, 4.69) is 66.2 Å². The number of hydrogen-bond donors (Lipinski definition) is 1. The number of ether oxygens (including phenoxy) is 1. The maximum atomic E-state index is 11.9. The first-order valence-corrected chi connectivity index (χ1v) is 11.6. The van der Waals surface area contributed by atoms with E-state index in [1.54, 1.807) is 0 Å². The Morgan fingerprint density at radius 2 is 1.90 bits per heavy atom. The molecular weight excluding hydrogens is 386 g/mol. The predicted molar refractivity (Wildman–Crippen MR) is 124 cm³/mol. The van der Waals surface area contributed by atoms with Gasteiger partial charge in [-0.15, -0.1) is 0 Å². The van der Waals surface area contributed by atoms with Gasteiger partial charge in [0.1, 0.15) is 11.6 Å². The first-order valence-electron chi connectivity index (χ1n) is 11.6. The molecule has 2 aromatic carbocycles. The van der Waals surface area contributed by atoms with Gasteiger partial charge in [-0.05, 0) is 61.4 Å². The summed E-state index contributed by atoms with van der Waals surface area (Å²) in [4.78, 5) is 16.7. The lowest BCUT2D eigenvalue weighted by atomic mass is 10.0. The fraction of sp³-hybridized carbons (Fsp3) is 0.462. The Morgan fingerprint density at radius 3 is 2.65 bits per heavy atom. The molecule has 0 saturated heterocycles. The first-order chi connectivity index (χ1) is 15.1. The van der Waals surface area contributed by atoms with Gasteiger partial charge in [-0.2, -0.15) is 0 Å². The van der Waals surface area contributed by atoms with Crippen LogP contribution < -0.4 is 10.1 Å². The summed E-state index contributed by atoms with van der Waals surface area (Å²) in [6.45, 7) is 6.66. The molecule has 164 valence electrons. The van der Waals surface area contributed by atoms with Crippen LogP contribution >= 0.6 is 0 Å². The van der Waals surface area contributed by atoms with Crippen LogP contribution in [0.3, 0.4) is 0 Å². The van der Waals surface area contributed by atoms with E-state index < -0.39 is 0 Å². The third-order valence-corrected chi connectivity index (χ3v) is 5.92. The molecule has 5 heteroatoms. The van der Waals surface area contributed by atoms with Gasteiger partial charge in [0.15, 0.2) is 0 Å². The van der Waals surface area contributed by atoms with Crippen molar-refractivity contribution in [3.8, 4) is 5.75 Å². The summed E-state index contributed by atoms with van der Waals surface area (Å²) in [6, 6.07) is 16.7. The summed E-state index contributed by atoms with van der Waals surface area (Å²) in [5, 5.41) is 3.06. The molecule has 1 heterocycles. The second kappa shape index (κ2) is 9.99. The van der Waals surface area contributed by atoms with Crippen LogP contribution in [-0.2, 0) is 17.8 Å². The molecule has 0 atom stereocenters. The largest absolute Gasteiger partial charge is 0.494 e. The number of hydrogen-bond acceptors (Lipinski definition) is 3. The minimum Gasteiger partial charge on any atom is -0.494 e. The molecular formula is C26H33N3O2. The van der Waals surface area contributed by atoms with Gasteiger partial charge in [0.05, 0.1) is 17.6 Å². The van der Waals surface area contributed by atoms with Gasteiger partial charge >= 0.3 is 0 Å². The van der Waals surface area contributed by atoms with E-state index in [1.807, 2.05) is 6.07 Å². The van der Waals surface area contributed by atoms with Crippen LogP contribution in [0.1, 0.15) is 56.8 Å². The average Bonchev–Trinajstić information content (AvgIpc) is 3.57. The second-order valence-corrected chi connectivity index (χ2v) is 8.76. The Labute approximate surface area is 184 Å². The molecule has 1 aliphatic carbocycles. The van der Waals surface area contributed by atoms with Gasteiger partial charge in [-0.1, -0.05) is 38.1 Å². The summed E-state index contributed by atoms with van der Waals surface area (Å²) in [7, 11) is 0. The van der Waals surface area contributed by atoms with E-state index in [4.69, 9.17) is 9.72 Å². The molecule has 1 saturated carbocycles. The van der Waals surface area contributed by atoms with Gasteiger partial charge in [-0.25, -0.2) is 4.98 Å². The highest BCUT2D eigenvalue weighted by Gasteiger charge is 2.29. The zero-order chi connectivity index (χ0) is 21.6. The van der Waals surface area contributed by atoms with E-state index >= 15 is 0 Å². The van der Waals surface area contributed by atoms with Gasteiger partial charge in [0, 0.05) is 25.4 Å². The summed E-state index contributed by atoms with van der Waals surface area (Å²) in [5.74, 6) is 2.96. The van der Waals surface area contributed by atoms with Crippen LogP contribution in [0.5, 0.6) is 5.75 Å². The van der Waals surface area contributed by atoms with Crippen molar-refractivity contribution >= 4 is 16.9 Å². The zero-order valence-electron chi connectivity index (χ0n) is 18.6. The second-order valence-electron chi connectivity index (χ2n) is 8.76. The summed E-state index contributed by atoms with van der Waals surface area (Å²) >= 11 is 0. The molecule has 1 amide bonds. The molecule has 1 fully saturated rings. The van der Waals surface area contributed by atoms with Gasteiger partial charge in [0.25, 0.3) is 0 Å². The van der Waals surface area contributed by atoms with Gasteiger partial charge < -0.3 is 14.6 Å². The number of carbonyl (C=O) groups is 1. The standard InChI is InChI=1S/C26H33N3O2/c1-19(2)20-11-13-22(14-12-20)31-18-6-5-17-29-24-8-4-3-7-23(24)28-25(29)15-16-27-26(30)21-9-10-21/h3-4,7-8,11-14,19,21H,5-6,9-10,15-18H2,1-2H3,(H,27,30). The molecule has 1 N–H and O–H groups in total. The minimum absolute atomic E-state index is 0.196. The molecule has 0 aliphatic heterocycles. The topological polar surface area (TPSA) is 56.1 Å². The van der Waals surface area contributed by atoms with Crippen molar-refractivity contribution in [2.24, 2.45) is 5.92 Å². The maximum absolute atomic E-state index is 11.9. The van der Waals surface area contributed by atoms with Crippen LogP contribution in [0.4, 0.5) is 0 Å². The van der Waals surface area contributed by atoms with Gasteiger partial charge in [-0.3, -0.25) is 4.79 Å². The smallest absolute Gasteiger partial charge is 0.223 e. The Morgan fingerprint density at radius 1 is 1.13 bits per heavy atom. The lowest BCUT2D eigenvalue weighted by Crippen LogP contribution is -2.27. The van der Waals surface area contributed by atoms with Crippen LogP contribution in [0.25, 0.3) is 11.0 Å². The van der Waals surface area contributed by atoms with Crippen LogP contribution in [-0.4, -0.2) is 28.6 Å². The number of benzene rings is 2. The van der Waals surface area contributed by atoms with Crippen molar-refractivity contribution in [3.05, 3.63) is 59.9 Å². The number of nitrogens with one attached hydrogen (secondary N) is 1. The molecule has 0 bridgehead atoms. The molecule has 5 nitrogen and oxygen atoms in total. The third-order valence-electron chi connectivity index (χ3n) is 5.92. The number of imidazole rings is 1. The summed E-state index contributed by atoms with van der Waals surface area (Å²) in [5.41, 5.74) is 3.52. The number of amides is 1. The van der Waals surface area contributed by atoms with Crippen molar-refractivity contribution in [1.29, 1.82) is 0 Å². The number of rotatable bonds is 11. The molecule has 3 aromatic rings. The van der Waals surface area contributed by atoms with Crippen molar-refractivity contribution in [1.82, 2.24) is 14.9 Å². The molecule has 4 rings (SSSR count). The van der Waals surface area contributed by atoms with E-state index in [0.717, 1.165) is 61.3 Å². The van der Waals surface area contributed by atoms with E-state index in [0.29, 0.717) is 19.1 Å². The zero-order valence-corrected chi connectivity index (χ0v) is 18.6. The molecule has 31 heavy (non-hydrogen) atoms. The molecule has 0 radical (unpaired) electrons. The lowest BCUT2D eigenvalue weighted by molar-refractivity contribution is -0.122. The van der Waals surface area contributed by atoms with Crippen molar-refractivity contribution in [2.75, 3.05) is 13.2 Å². The number of aryl methyl sites for hydroxylation is 1.